The molecule has 1 heterocycles. The highest BCUT2D eigenvalue weighted by atomic mass is 35.5. The molecule has 1 unspecified atom stereocenters. The third-order valence-corrected chi connectivity index (χ3v) is 4.58. The van der Waals surface area contributed by atoms with Gasteiger partial charge < -0.3 is 15.1 Å². The van der Waals surface area contributed by atoms with E-state index >= 15 is 0 Å². The summed E-state index contributed by atoms with van der Waals surface area (Å²) in [7, 11) is 0. The quantitative estimate of drug-likeness (QED) is 0.914. The van der Waals surface area contributed by atoms with E-state index in [1.165, 1.54) is 0 Å². The van der Waals surface area contributed by atoms with Gasteiger partial charge >= 0.3 is 6.03 Å². The van der Waals surface area contributed by atoms with Crippen molar-refractivity contribution >= 4 is 29.2 Å². The summed E-state index contributed by atoms with van der Waals surface area (Å²) in [4.78, 5) is 28.5. The van der Waals surface area contributed by atoms with E-state index in [1.54, 1.807) is 17.0 Å². The lowest BCUT2D eigenvalue weighted by Crippen LogP contribution is -2.47. The van der Waals surface area contributed by atoms with Crippen LogP contribution in [0, 0.1) is 5.92 Å². The number of carbonyl (C=O) groups excluding carboxylic acids is 2. The molecule has 23 heavy (non-hydrogen) atoms. The second-order valence-electron chi connectivity index (χ2n) is 5.71. The van der Waals surface area contributed by atoms with Crippen LogP contribution in [0.3, 0.4) is 0 Å². The summed E-state index contributed by atoms with van der Waals surface area (Å²) in [5.41, 5.74) is 0.594. The van der Waals surface area contributed by atoms with E-state index < -0.39 is 0 Å². The van der Waals surface area contributed by atoms with Crippen molar-refractivity contribution in [1.82, 2.24) is 9.80 Å². The average molecular weight is 338 g/mol. The molecule has 0 saturated carbocycles. The van der Waals surface area contributed by atoms with Gasteiger partial charge in [-0.05, 0) is 38.8 Å². The fourth-order valence-corrected chi connectivity index (χ4v) is 3.10. The molecule has 0 spiro atoms. The maximum absolute atomic E-state index is 12.5. The molecule has 3 amide bonds. The number of halogens is 1. The molecule has 1 aromatic rings. The van der Waals surface area contributed by atoms with Gasteiger partial charge in [0.15, 0.2) is 0 Å². The zero-order valence-corrected chi connectivity index (χ0v) is 14.5. The summed E-state index contributed by atoms with van der Waals surface area (Å²) in [5.74, 6) is 0.0332. The van der Waals surface area contributed by atoms with E-state index in [4.69, 9.17) is 11.6 Å². The smallest absolute Gasteiger partial charge is 0.321 e. The van der Waals surface area contributed by atoms with Crippen LogP contribution in [0.25, 0.3) is 0 Å². The van der Waals surface area contributed by atoms with Crippen LogP contribution in [0.4, 0.5) is 10.5 Å². The Kier molecular flexibility index (Phi) is 6.28. The number of amides is 3. The first kappa shape index (κ1) is 17.6. The number of rotatable bonds is 4. The Morgan fingerprint density at radius 1 is 1.30 bits per heavy atom. The number of carbonyl (C=O) groups is 2. The molecule has 6 heteroatoms. The Bertz CT molecular complexity index is 561. The third kappa shape index (κ3) is 4.38. The topological polar surface area (TPSA) is 52.7 Å². The minimum Gasteiger partial charge on any atom is -0.343 e. The molecule has 0 aliphatic carbocycles. The van der Waals surface area contributed by atoms with Crippen LogP contribution in [0.1, 0.15) is 26.7 Å². The zero-order chi connectivity index (χ0) is 16.8. The number of para-hydroxylation sites is 1. The molecule has 0 radical (unpaired) electrons. The van der Waals surface area contributed by atoms with Crippen molar-refractivity contribution in [2.75, 3.05) is 31.5 Å². The molecule has 2 rings (SSSR count). The Balaban J connectivity index is 1.99. The largest absolute Gasteiger partial charge is 0.343 e. The Morgan fingerprint density at radius 3 is 2.65 bits per heavy atom. The highest BCUT2D eigenvalue weighted by Gasteiger charge is 2.30. The highest BCUT2D eigenvalue weighted by Crippen LogP contribution is 2.23. The zero-order valence-electron chi connectivity index (χ0n) is 13.7. The Labute approximate surface area is 142 Å². The third-order valence-electron chi connectivity index (χ3n) is 4.25. The van der Waals surface area contributed by atoms with E-state index in [-0.39, 0.29) is 17.9 Å². The highest BCUT2D eigenvalue weighted by molar-refractivity contribution is 6.33. The number of piperidine rings is 1. The Hall–Kier alpha value is -1.75. The van der Waals surface area contributed by atoms with Crippen molar-refractivity contribution in [2.45, 2.75) is 26.7 Å². The van der Waals surface area contributed by atoms with Crippen molar-refractivity contribution in [3.8, 4) is 0 Å². The number of hydrogen-bond acceptors (Lipinski definition) is 2. The van der Waals surface area contributed by atoms with Gasteiger partial charge in [-0.3, -0.25) is 4.79 Å². The van der Waals surface area contributed by atoms with Crippen molar-refractivity contribution in [2.24, 2.45) is 5.92 Å². The molecule has 0 bridgehead atoms. The number of anilines is 1. The lowest BCUT2D eigenvalue weighted by molar-refractivity contribution is -0.136. The van der Waals surface area contributed by atoms with E-state index in [9.17, 15) is 9.59 Å². The van der Waals surface area contributed by atoms with Gasteiger partial charge in [0.1, 0.15) is 0 Å². The molecular weight excluding hydrogens is 314 g/mol. The van der Waals surface area contributed by atoms with Crippen LogP contribution in [0.2, 0.25) is 5.02 Å². The fraction of sp³-hybridized carbons (Fsp3) is 0.529. The van der Waals surface area contributed by atoms with Crippen molar-refractivity contribution in [3.05, 3.63) is 29.3 Å². The van der Waals surface area contributed by atoms with Crippen molar-refractivity contribution in [3.63, 3.8) is 0 Å². The van der Waals surface area contributed by atoms with Crippen LogP contribution in [-0.2, 0) is 4.79 Å². The molecule has 0 aromatic heterocycles. The van der Waals surface area contributed by atoms with E-state index in [0.717, 1.165) is 12.8 Å². The summed E-state index contributed by atoms with van der Waals surface area (Å²) >= 11 is 6.07. The first-order valence-electron chi connectivity index (χ1n) is 8.16. The number of benzene rings is 1. The number of nitrogens with one attached hydrogen (secondary N) is 1. The summed E-state index contributed by atoms with van der Waals surface area (Å²) in [6, 6.07) is 6.94. The molecule has 1 aliphatic rings. The van der Waals surface area contributed by atoms with Gasteiger partial charge in [0, 0.05) is 26.2 Å². The minimum absolute atomic E-state index is 0.111. The van der Waals surface area contributed by atoms with Crippen LogP contribution in [0.15, 0.2) is 24.3 Å². The first-order chi connectivity index (χ1) is 11.1. The fourth-order valence-electron chi connectivity index (χ4n) is 2.91. The maximum Gasteiger partial charge on any atom is 0.321 e. The van der Waals surface area contributed by atoms with Crippen LogP contribution in [0.5, 0.6) is 0 Å². The summed E-state index contributed by atoms with van der Waals surface area (Å²) in [5, 5.41) is 3.33. The van der Waals surface area contributed by atoms with Gasteiger partial charge in [-0.15, -0.1) is 0 Å². The molecule has 1 atom stereocenters. The molecular formula is C17H24ClN3O2. The number of urea groups is 1. The molecule has 1 aliphatic heterocycles. The predicted octanol–water partition coefficient (Wildman–Crippen LogP) is 3.45. The molecule has 1 aromatic carbocycles. The predicted molar refractivity (Wildman–Crippen MR) is 92.7 cm³/mol. The number of hydrogen-bond donors (Lipinski definition) is 1. The minimum atomic E-state index is -0.199. The van der Waals surface area contributed by atoms with Crippen molar-refractivity contribution in [1.29, 1.82) is 0 Å². The SMILES string of the molecule is CCN(CC)C(=O)C1CCCN(C(=O)Nc2ccccc2Cl)C1. The second kappa shape index (κ2) is 8.20. The van der Waals surface area contributed by atoms with Gasteiger partial charge in [0.2, 0.25) is 5.91 Å². The molecule has 5 nitrogen and oxygen atoms in total. The average Bonchev–Trinajstić information content (AvgIpc) is 2.58. The summed E-state index contributed by atoms with van der Waals surface area (Å²) in [6.45, 7) is 6.50. The molecule has 1 fully saturated rings. The van der Waals surface area contributed by atoms with E-state index in [0.29, 0.717) is 36.9 Å². The van der Waals surface area contributed by atoms with Crippen LogP contribution >= 0.6 is 11.6 Å². The van der Waals surface area contributed by atoms with Gasteiger partial charge in [0.05, 0.1) is 16.6 Å². The molecule has 1 N–H and O–H groups in total. The summed E-state index contributed by atoms with van der Waals surface area (Å²) < 4.78 is 0. The monoisotopic (exact) mass is 337 g/mol. The standard InChI is InChI=1S/C17H24ClN3O2/c1-3-20(4-2)16(22)13-8-7-11-21(12-13)17(23)19-15-10-6-5-9-14(15)18/h5-6,9-10,13H,3-4,7-8,11-12H2,1-2H3,(H,19,23). The van der Waals surface area contributed by atoms with Crippen LogP contribution in [-0.4, -0.2) is 47.9 Å². The number of nitrogens with zero attached hydrogens (tertiary/aromatic N) is 2. The lowest BCUT2D eigenvalue weighted by Gasteiger charge is -2.34. The van der Waals surface area contributed by atoms with Crippen molar-refractivity contribution < 1.29 is 9.59 Å². The number of likely N-dealkylation sites (tertiary alicyclic amines) is 1. The molecule has 1 saturated heterocycles. The second-order valence-corrected chi connectivity index (χ2v) is 6.11. The first-order valence-corrected chi connectivity index (χ1v) is 8.53. The van der Waals surface area contributed by atoms with Gasteiger partial charge in [0.25, 0.3) is 0 Å². The van der Waals surface area contributed by atoms with Gasteiger partial charge in [-0.1, -0.05) is 23.7 Å². The van der Waals surface area contributed by atoms with Crippen LogP contribution < -0.4 is 5.32 Å². The van der Waals surface area contributed by atoms with E-state index in [2.05, 4.69) is 5.32 Å². The lowest BCUT2D eigenvalue weighted by atomic mass is 9.96. The van der Waals surface area contributed by atoms with E-state index in [1.807, 2.05) is 30.9 Å². The van der Waals surface area contributed by atoms with Gasteiger partial charge in [-0.2, -0.15) is 0 Å². The molecule has 126 valence electrons. The maximum atomic E-state index is 12.5. The Morgan fingerprint density at radius 2 is 2.00 bits per heavy atom. The normalized spacial score (nSPS) is 17.7. The van der Waals surface area contributed by atoms with Gasteiger partial charge in [-0.25, -0.2) is 4.79 Å². The summed E-state index contributed by atoms with van der Waals surface area (Å²) in [6.07, 6.45) is 1.68.